The van der Waals surface area contributed by atoms with Crippen LogP contribution in [0.25, 0.3) is 0 Å². The van der Waals surface area contributed by atoms with Crippen molar-refractivity contribution in [1.29, 1.82) is 0 Å². The highest BCUT2D eigenvalue weighted by Crippen LogP contribution is 2.22. The van der Waals surface area contributed by atoms with Crippen LogP contribution in [0.4, 0.5) is 11.5 Å². The molecule has 26 heavy (non-hydrogen) atoms. The molecule has 132 valence electrons. The molecule has 2 aromatic carbocycles. The Balaban J connectivity index is 1.75. The van der Waals surface area contributed by atoms with Gasteiger partial charge in [0.25, 0.3) is 11.5 Å². The zero-order valence-electron chi connectivity index (χ0n) is 14.2. The van der Waals surface area contributed by atoms with Gasteiger partial charge in [-0.3, -0.25) is 14.6 Å². The number of benzene rings is 2. The second-order valence-electron chi connectivity index (χ2n) is 5.67. The van der Waals surface area contributed by atoms with Crippen molar-refractivity contribution in [1.82, 2.24) is 9.97 Å². The summed E-state index contributed by atoms with van der Waals surface area (Å²) >= 11 is 1.38. The van der Waals surface area contributed by atoms with Crippen LogP contribution >= 0.6 is 11.8 Å². The number of aromatic nitrogens is 2. The normalized spacial score (nSPS) is 10.5. The van der Waals surface area contributed by atoms with Gasteiger partial charge in [-0.25, -0.2) is 4.98 Å². The Morgan fingerprint density at radius 3 is 2.54 bits per heavy atom. The molecule has 0 aliphatic carbocycles. The average Bonchev–Trinajstić information content (AvgIpc) is 2.64. The second kappa shape index (κ2) is 7.88. The summed E-state index contributed by atoms with van der Waals surface area (Å²) in [5.74, 6) is 0.236. The molecule has 3 aromatic rings. The van der Waals surface area contributed by atoms with Crippen molar-refractivity contribution in [2.45, 2.75) is 17.8 Å². The SMILES string of the molecule is Cc1ccccc1CSc1nc(N)c(NC(=O)c2ccccc2)c(=O)[nH]1. The van der Waals surface area contributed by atoms with Gasteiger partial charge in [-0.1, -0.05) is 54.2 Å². The molecule has 1 amide bonds. The van der Waals surface area contributed by atoms with Gasteiger partial charge in [0.15, 0.2) is 11.0 Å². The third-order valence-corrected chi connectivity index (χ3v) is 4.75. The fraction of sp³-hybridized carbons (Fsp3) is 0.105. The number of anilines is 2. The Morgan fingerprint density at radius 1 is 1.15 bits per heavy atom. The Kier molecular flexibility index (Phi) is 5.38. The van der Waals surface area contributed by atoms with Crippen molar-refractivity contribution in [3.63, 3.8) is 0 Å². The van der Waals surface area contributed by atoms with Crippen molar-refractivity contribution in [2.75, 3.05) is 11.1 Å². The number of rotatable bonds is 5. The minimum absolute atomic E-state index is 0.00897. The zero-order valence-corrected chi connectivity index (χ0v) is 15.0. The van der Waals surface area contributed by atoms with E-state index in [4.69, 9.17) is 5.73 Å². The first kappa shape index (κ1) is 17.8. The molecular weight excluding hydrogens is 348 g/mol. The minimum atomic E-state index is -0.478. The summed E-state index contributed by atoms with van der Waals surface area (Å²) < 4.78 is 0. The maximum Gasteiger partial charge on any atom is 0.277 e. The van der Waals surface area contributed by atoms with E-state index in [1.54, 1.807) is 30.3 Å². The average molecular weight is 366 g/mol. The summed E-state index contributed by atoms with van der Waals surface area (Å²) in [6.45, 7) is 2.03. The zero-order chi connectivity index (χ0) is 18.5. The van der Waals surface area contributed by atoms with E-state index in [0.717, 1.165) is 5.56 Å². The topological polar surface area (TPSA) is 101 Å². The number of aromatic amines is 1. The van der Waals surface area contributed by atoms with Crippen LogP contribution < -0.4 is 16.6 Å². The molecule has 1 heterocycles. The van der Waals surface area contributed by atoms with Gasteiger partial charge < -0.3 is 11.1 Å². The van der Waals surface area contributed by atoms with Crippen molar-refractivity contribution >= 4 is 29.2 Å². The van der Waals surface area contributed by atoms with E-state index in [0.29, 0.717) is 16.5 Å². The Labute approximate surface area is 154 Å². The van der Waals surface area contributed by atoms with Crippen LogP contribution in [0.5, 0.6) is 0 Å². The van der Waals surface area contributed by atoms with Crippen LogP contribution in [-0.4, -0.2) is 15.9 Å². The maximum absolute atomic E-state index is 12.3. The number of carbonyl (C=O) groups excluding carboxylic acids is 1. The van der Waals surface area contributed by atoms with Gasteiger partial charge in [0.2, 0.25) is 0 Å². The summed E-state index contributed by atoms with van der Waals surface area (Å²) in [4.78, 5) is 31.4. The minimum Gasteiger partial charge on any atom is -0.382 e. The molecule has 6 nitrogen and oxygen atoms in total. The number of hydrogen-bond acceptors (Lipinski definition) is 5. The van der Waals surface area contributed by atoms with E-state index >= 15 is 0 Å². The van der Waals surface area contributed by atoms with Crippen LogP contribution in [0.2, 0.25) is 0 Å². The number of nitrogen functional groups attached to an aromatic ring is 1. The van der Waals surface area contributed by atoms with Gasteiger partial charge in [0, 0.05) is 11.3 Å². The molecule has 7 heteroatoms. The van der Waals surface area contributed by atoms with Gasteiger partial charge >= 0.3 is 0 Å². The van der Waals surface area contributed by atoms with E-state index < -0.39 is 11.5 Å². The lowest BCUT2D eigenvalue weighted by Gasteiger charge is -2.09. The number of H-pyrrole nitrogens is 1. The number of amides is 1. The molecule has 0 aliphatic rings. The van der Waals surface area contributed by atoms with Gasteiger partial charge in [0.05, 0.1) is 0 Å². The van der Waals surface area contributed by atoms with E-state index in [1.807, 2.05) is 31.2 Å². The van der Waals surface area contributed by atoms with E-state index in [-0.39, 0.29) is 11.5 Å². The largest absolute Gasteiger partial charge is 0.382 e. The number of nitrogens with two attached hydrogens (primary N) is 1. The Morgan fingerprint density at radius 2 is 1.85 bits per heavy atom. The van der Waals surface area contributed by atoms with Crippen molar-refractivity contribution in [3.8, 4) is 0 Å². The molecule has 0 saturated carbocycles. The first-order chi connectivity index (χ1) is 12.5. The molecule has 0 fully saturated rings. The Hall–Kier alpha value is -3.06. The van der Waals surface area contributed by atoms with Gasteiger partial charge in [-0.15, -0.1) is 0 Å². The maximum atomic E-state index is 12.3. The van der Waals surface area contributed by atoms with Gasteiger partial charge in [0.1, 0.15) is 5.69 Å². The highest BCUT2D eigenvalue weighted by atomic mass is 32.2. The van der Waals surface area contributed by atoms with E-state index in [9.17, 15) is 9.59 Å². The number of thioether (sulfide) groups is 1. The third kappa shape index (κ3) is 4.12. The molecular formula is C19H18N4O2S. The first-order valence-electron chi connectivity index (χ1n) is 7.98. The first-order valence-corrected chi connectivity index (χ1v) is 8.96. The van der Waals surface area contributed by atoms with Crippen LogP contribution in [0.3, 0.4) is 0 Å². The molecule has 4 N–H and O–H groups in total. The summed E-state index contributed by atoms with van der Waals surface area (Å²) in [7, 11) is 0. The molecule has 0 radical (unpaired) electrons. The fourth-order valence-corrected chi connectivity index (χ4v) is 3.30. The Bertz CT molecular complexity index is 986. The number of carbonyl (C=O) groups is 1. The number of aryl methyl sites for hydroxylation is 1. The van der Waals surface area contributed by atoms with E-state index in [1.165, 1.54) is 17.3 Å². The molecule has 0 atom stereocenters. The van der Waals surface area contributed by atoms with Crippen LogP contribution in [-0.2, 0) is 5.75 Å². The van der Waals surface area contributed by atoms with Crippen molar-refractivity contribution in [3.05, 3.63) is 81.6 Å². The lowest BCUT2D eigenvalue weighted by atomic mass is 10.1. The van der Waals surface area contributed by atoms with Crippen molar-refractivity contribution < 1.29 is 4.79 Å². The van der Waals surface area contributed by atoms with Gasteiger partial charge in [-0.05, 0) is 30.2 Å². The highest BCUT2D eigenvalue weighted by Gasteiger charge is 2.14. The number of nitrogens with one attached hydrogen (secondary N) is 2. The highest BCUT2D eigenvalue weighted by molar-refractivity contribution is 7.98. The standard InChI is InChI=1S/C19H18N4O2S/c1-12-7-5-6-10-14(12)11-26-19-22-16(20)15(18(25)23-19)21-17(24)13-8-3-2-4-9-13/h2-10H,11H2,1H3,(H,21,24)(H3,20,22,23,25). The number of hydrogen-bond donors (Lipinski definition) is 3. The fourth-order valence-electron chi connectivity index (χ4n) is 2.35. The summed E-state index contributed by atoms with van der Waals surface area (Å²) in [5, 5.41) is 2.94. The van der Waals surface area contributed by atoms with E-state index in [2.05, 4.69) is 15.3 Å². The van der Waals surface area contributed by atoms with Crippen LogP contribution in [0.15, 0.2) is 64.5 Å². The predicted molar refractivity (Wildman–Crippen MR) is 104 cm³/mol. The lowest BCUT2D eigenvalue weighted by molar-refractivity contribution is 0.102. The molecule has 0 aliphatic heterocycles. The molecule has 3 rings (SSSR count). The molecule has 0 bridgehead atoms. The second-order valence-corrected chi connectivity index (χ2v) is 6.63. The van der Waals surface area contributed by atoms with Crippen LogP contribution in [0, 0.1) is 6.92 Å². The number of nitrogens with zero attached hydrogens (tertiary/aromatic N) is 1. The molecule has 0 saturated heterocycles. The van der Waals surface area contributed by atoms with Crippen molar-refractivity contribution in [2.24, 2.45) is 0 Å². The van der Waals surface area contributed by atoms with Crippen LogP contribution in [0.1, 0.15) is 21.5 Å². The smallest absolute Gasteiger partial charge is 0.277 e. The predicted octanol–water partition coefficient (Wildman–Crippen LogP) is 3.21. The molecule has 0 unspecified atom stereocenters. The molecule has 1 aromatic heterocycles. The summed E-state index contributed by atoms with van der Waals surface area (Å²) in [6, 6.07) is 16.6. The lowest BCUT2D eigenvalue weighted by Crippen LogP contribution is -2.23. The third-order valence-electron chi connectivity index (χ3n) is 3.83. The summed E-state index contributed by atoms with van der Waals surface area (Å²) in [6.07, 6.45) is 0. The molecule has 0 spiro atoms. The summed E-state index contributed by atoms with van der Waals surface area (Å²) in [5.41, 5.74) is 8.12. The monoisotopic (exact) mass is 366 g/mol. The quantitative estimate of drug-likeness (QED) is 0.475. The van der Waals surface area contributed by atoms with Gasteiger partial charge in [-0.2, -0.15) is 0 Å².